The first-order valence-electron chi connectivity index (χ1n) is 6.48. The number of carbonyl (C=O) groups excluding carboxylic acids is 1. The van der Waals surface area contributed by atoms with Gasteiger partial charge in [0.25, 0.3) is 0 Å². The van der Waals surface area contributed by atoms with Gasteiger partial charge in [-0.05, 0) is 24.7 Å². The monoisotopic (exact) mass is 241 g/mol. The number of carbonyl (C=O) groups is 2. The van der Waals surface area contributed by atoms with Crippen LogP contribution in [-0.4, -0.2) is 34.5 Å². The second-order valence-corrected chi connectivity index (χ2v) is 5.29. The van der Waals surface area contributed by atoms with Crippen molar-refractivity contribution in [1.29, 1.82) is 0 Å². The maximum absolute atomic E-state index is 12.1. The Bertz CT molecular complexity index is 290. The Balaban J connectivity index is 2.66. The number of likely N-dealkylation sites (tertiary alicyclic amines) is 1. The second kappa shape index (κ2) is 6.03. The van der Waals surface area contributed by atoms with Gasteiger partial charge in [0.2, 0.25) is 5.91 Å². The molecule has 0 aliphatic carbocycles. The van der Waals surface area contributed by atoms with E-state index in [2.05, 4.69) is 0 Å². The van der Waals surface area contributed by atoms with Gasteiger partial charge in [-0.3, -0.25) is 4.79 Å². The number of piperidine rings is 1. The van der Waals surface area contributed by atoms with Crippen molar-refractivity contribution in [2.45, 2.75) is 52.5 Å². The third kappa shape index (κ3) is 3.72. The Morgan fingerprint density at radius 2 is 2.12 bits per heavy atom. The molecule has 0 aromatic carbocycles. The first-order valence-corrected chi connectivity index (χ1v) is 6.48. The van der Waals surface area contributed by atoms with Crippen LogP contribution in [0.4, 0.5) is 0 Å². The zero-order chi connectivity index (χ0) is 13.0. The Morgan fingerprint density at radius 3 is 2.65 bits per heavy atom. The van der Waals surface area contributed by atoms with E-state index in [9.17, 15) is 14.7 Å². The third-order valence-electron chi connectivity index (χ3n) is 3.69. The molecular formula is C13H23NO3. The van der Waals surface area contributed by atoms with Gasteiger partial charge in [-0.25, -0.2) is 4.79 Å². The van der Waals surface area contributed by atoms with Crippen LogP contribution in [0.25, 0.3) is 0 Å². The maximum atomic E-state index is 12.1. The predicted molar refractivity (Wildman–Crippen MR) is 65.6 cm³/mol. The molecule has 1 aliphatic heterocycles. The lowest BCUT2D eigenvalue weighted by Gasteiger charge is -2.36. The largest absolute Gasteiger partial charge is 0.480 e. The molecule has 1 saturated heterocycles. The standard InChI is InChI=1S/C13H23NO3/c1-4-9(2)8-12(15)14-6-5-10(3)7-11(14)13(16)17/h9-11H,4-8H2,1-3H3,(H,16,17). The van der Waals surface area contributed by atoms with Crippen molar-refractivity contribution in [2.75, 3.05) is 6.54 Å². The summed E-state index contributed by atoms with van der Waals surface area (Å²) >= 11 is 0. The van der Waals surface area contributed by atoms with E-state index in [-0.39, 0.29) is 5.91 Å². The zero-order valence-corrected chi connectivity index (χ0v) is 11.0. The Morgan fingerprint density at radius 1 is 1.47 bits per heavy atom. The van der Waals surface area contributed by atoms with Crippen molar-refractivity contribution in [1.82, 2.24) is 4.90 Å². The molecule has 0 saturated carbocycles. The van der Waals surface area contributed by atoms with E-state index in [0.717, 1.165) is 12.8 Å². The van der Waals surface area contributed by atoms with E-state index < -0.39 is 12.0 Å². The molecule has 1 rings (SSSR count). The number of amides is 1. The van der Waals surface area contributed by atoms with E-state index in [1.54, 1.807) is 4.90 Å². The topological polar surface area (TPSA) is 57.6 Å². The summed E-state index contributed by atoms with van der Waals surface area (Å²) in [5.74, 6) is -0.146. The van der Waals surface area contributed by atoms with Crippen LogP contribution in [0.3, 0.4) is 0 Å². The number of nitrogens with zero attached hydrogens (tertiary/aromatic N) is 1. The van der Waals surface area contributed by atoms with Crippen molar-refractivity contribution in [3.05, 3.63) is 0 Å². The minimum absolute atomic E-state index is 0.00125. The maximum Gasteiger partial charge on any atom is 0.326 e. The molecule has 0 aromatic heterocycles. The van der Waals surface area contributed by atoms with E-state index in [1.807, 2.05) is 20.8 Å². The van der Waals surface area contributed by atoms with Gasteiger partial charge < -0.3 is 10.0 Å². The summed E-state index contributed by atoms with van der Waals surface area (Å²) in [7, 11) is 0. The van der Waals surface area contributed by atoms with Crippen LogP contribution < -0.4 is 0 Å². The summed E-state index contributed by atoms with van der Waals surface area (Å²) in [5.41, 5.74) is 0. The first-order chi connectivity index (χ1) is 7.95. The zero-order valence-electron chi connectivity index (χ0n) is 11.0. The number of hydrogen-bond donors (Lipinski definition) is 1. The van der Waals surface area contributed by atoms with Crippen LogP contribution in [0.5, 0.6) is 0 Å². The molecule has 0 spiro atoms. The normalized spacial score (nSPS) is 26.6. The molecule has 1 N–H and O–H groups in total. The molecule has 1 aliphatic rings. The lowest BCUT2D eigenvalue weighted by atomic mass is 9.91. The summed E-state index contributed by atoms with van der Waals surface area (Å²) in [6.45, 7) is 6.71. The number of carboxylic acids is 1. The molecule has 17 heavy (non-hydrogen) atoms. The van der Waals surface area contributed by atoms with Crippen LogP contribution in [0, 0.1) is 11.8 Å². The Hall–Kier alpha value is -1.06. The molecule has 1 heterocycles. The predicted octanol–water partition coefficient (Wildman–Crippen LogP) is 2.13. The smallest absolute Gasteiger partial charge is 0.326 e. The van der Waals surface area contributed by atoms with Crippen LogP contribution in [0.15, 0.2) is 0 Å². The Labute approximate surface area is 103 Å². The first kappa shape index (κ1) is 14.0. The number of hydrogen-bond acceptors (Lipinski definition) is 2. The number of carboxylic acid groups (broad SMARTS) is 1. The van der Waals surface area contributed by atoms with Gasteiger partial charge in [-0.2, -0.15) is 0 Å². The van der Waals surface area contributed by atoms with Gasteiger partial charge in [0, 0.05) is 13.0 Å². The van der Waals surface area contributed by atoms with Crippen molar-refractivity contribution in [3.63, 3.8) is 0 Å². The highest BCUT2D eigenvalue weighted by molar-refractivity contribution is 5.84. The van der Waals surface area contributed by atoms with E-state index in [4.69, 9.17) is 0 Å². The minimum atomic E-state index is -0.867. The fourth-order valence-corrected chi connectivity index (χ4v) is 2.23. The molecule has 3 unspecified atom stereocenters. The molecule has 1 fully saturated rings. The molecule has 0 bridgehead atoms. The minimum Gasteiger partial charge on any atom is -0.480 e. The average molecular weight is 241 g/mol. The second-order valence-electron chi connectivity index (χ2n) is 5.29. The molecule has 4 nitrogen and oxygen atoms in total. The van der Waals surface area contributed by atoms with Crippen molar-refractivity contribution in [2.24, 2.45) is 11.8 Å². The summed E-state index contributed by atoms with van der Waals surface area (Å²) in [5, 5.41) is 9.17. The highest BCUT2D eigenvalue weighted by Gasteiger charge is 2.34. The Kier molecular flexibility index (Phi) is 4.97. The van der Waals surface area contributed by atoms with Crippen molar-refractivity contribution < 1.29 is 14.7 Å². The molecule has 4 heteroatoms. The molecule has 0 radical (unpaired) electrons. The summed E-state index contributed by atoms with van der Waals surface area (Å²) < 4.78 is 0. The molecule has 1 amide bonds. The van der Waals surface area contributed by atoms with Crippen LogP contribution in [0.1, 0.15) is 46.5 Å². The number of aliphatic carboxylic acids is 1. The highest BCUT2D eigenvalue weighted by atomic mass is 16.4. The molecule has 98 valence electrons. The summed E-state index contributed by atoms with van der Waals surface area (Å²) in [6, 6.07) is -0.615. The van der Waals surface area contributed by atoms with Gasteiger partial charge in [0.1, 0.15) is 6.04 Å². The molecule has 3 atom stereocenters. The van der Waals surface area contributed by atoms with Gasteiger partial charge in [-0.15, -0.1) is 0 Å². The summed E-state index contributed by atoms with van der Waals surface area (Å²) in [6.07, 6.45) is 2.92. The van der Waals surface area contributed by atoms with E-state index in [1.165, 1.54) is 0 Å². The van der Waals surface area contributed by atoms with Gasteiger partial charge >= 0.3 is 5.97 Å². The number of rotatable bonds is 4. The van der Waals surface area contributed by atoms with Crippen LogP contribution in [0.2, 0.25) is 0 Å². The fraction of sp³-hybridized carbons (Fsp3) is 0.846. The highest BCUT2D eigenvalue weighted by Crippen LogP contribution is 2.24. The quantitative estimate of drug-likeness (QED) is 0.820. The lowest BCUT2D eigenvalue weighted by molar-refractivity contribution is -0.153. The van der Waals surface area contributed by atoms with Gasteiger partial charge in [-0.1, -0.05) is 27.2 Å². The van der Waals surface area contributed by atoms with Crippen molar-refractivity contribution in [3.8, 4) is 0 Å². The van der Waals surface area contributed by atoms with Crippen LogP contribution in [-0.2, 0) is 9.59 Å². The summed E-state index contributed by atoms with van der Waals surface area (Å²) in [4.78, 5) is 24.8. The van der Waals surface area contributed by atoms with E-state index in [0.29, 0.717) is 31.2 Å². The molecule has 0 aromatic rings. The third-order valence-corrected chi connectivity index (χ3v) is 3.69. The van der Waals surface area contributed by atoms with Gasteiger partial charge in [0.15, 0.2) is 0 Å². The lowest BCUT2D eigenvalue weighted by Crippen LogP contribution is -2.50. The van der Waals surface area contributed by atoms with E-state index >= 15 is 0 Å². The van der Waals surface area contributed by atoms with Crippen LogP contribution >= 0.6 is 0 Å². The fourth-order valence-electron chi connectivity index (χ4n) is 2.23. The SMILES string of the molecule is CCC(C)CC(=O)N1CCC(C)CC1C(=O)O. The van der Waals surface area contributed by atoms with Crippen molar-refractivity contribution >= 4 is 11.9 Å². The molecular weight excluding hydrogens is 218 g/mol. The average Bonchev–Trinajstić information content (AvgIpc) is 2.28. The van der Waals surface area contributed by atoms with Gasteiger partial charge in [0.05, 0.1) is 0 Å².